The summed E-state index contributed by atoms with van der Waals surface area (Å²) in [5.41, 5.74) is 1.01. The minimum absolute atomic E-state index is 0. The lowest BCUT2D eigenvalue weighted by Crippen LogP contribution is -2.52. The van der Waals surface area contributed by atoms with E-state index in [0.29, 0.717) is 56.4 Å². The maximum atomic E-state index is 11.7. The highest BCUT2D eigenvalue weighted by Crippen LogP contribution is 2.27. The van der Waals surface area contributed by atoms with Gasteiger partial charge in [0.05, 0.1) is 52.7 Å². The molecule has 85 heavy (non-hydrogen) atoms. The molecule has 0 aromatic carbocycles. The van der Waals surface area contributed by atoms with E-state index < -0.39 is 74.5 Å². The average Bonchev–Trinajstić information content (AvgIpc) is 3.39. The average molecular weight is 1330 g/mol. The number of rotatable bonds is 45. The van der Waals surface area contributed by atoms with Crippen molar-refractivity contribution in [2.24, 2.45) is 0 Å². The van der Waals surface area contributed by atoms with Crippen LogP contribution >= 0.6 is 0 Å². The van der Waals surface area contributed by atoms with Gasteiger partial charge in [-0.15, -0.1) is 0 Å². The Balaban J connectivity index is -0.000000255. The van der Waals surface area contributed by atoms with Gasteiger partial charge in [-0.05, 0) is 155 Å². The van der Waals surface area contributed by atoms with Gasteiger partial charge >= 0.3 is 41.2 Å². The molecule has 0 aliphatic heterocycles. The van der Waals surface area contributed by atoms with Gasteiger partial charge in [0, 0.05) is 37.6 Å². The fourth-order valence-electron chi connectivity index (χ4n) is 7.40. The molecule has 0 aliphatic rings. The number of carbonyl (C=O) groups is 5. The Morgan fingerprint density at radius 3 is 1.04 bits per heavy atom. The first-order chi connectivity index (χ1) is 37.6. The van der Waals surface area contributed by atoms with E-state index in [4.69, 9.17) is 65.1 Å². The van der Waals surface area contributed by atoms with Crippen LogP contribution in [0.5, 0.6) is 0 Å². The van der Waals surface area contributed by atoms with Crippen LogP contribution in [-0.2, 0) is 73.5 Å². The first-order valence-corrected chi connectivity index (χ1v) is 45.7. The lowest BCUT2D eigenvalue weighted by molar-refractivity contribution is -0.140. The molecule has 0 aromatic rings. The van der Waals surface area contributed by atoms with Crippen molar-refractivity contribution in [2.75, 3.05) is 112 Å². The van der Waals surface area contributed by atoms with Crippen LogP contribution in [0.3, 0.4) is 0 Å². The van der Waals surface area contributed by atoms with E-state index in [0.717, 1.165) is 49.9 Å². The van der Waals surface area contributed by atoms with Crippen LogP contribution in [0.15, 0.2) is 36.5 Å². The smallest absolute Gasteiger partial charge is 0.407 e. The number of nitrogens with one attached hydrogen (secondary N) is 2. The summed E-state index contributed by atoms with van der Waals surface area (Å²) in [4.78, 5) is 56.6. The molecule has 29 heteroatoms. The van der Waals surface area contributed by atoms with Gasteiger partial charge in [0.15, 0.2) is 39.1 Å². The molecule has 0 spiro atoms. The lowest BCUT2D eigenvalue weighted by atomic mass is 10.2. The number of nitriles is 1. The van der Waals surface area contributed by atoms with Gasteiger partial charge in [-0.1, -0.05) is 49.4 Å². The largest absolute Gasteiger partial charge is 0.460 e. The van der Waals surface area contributed by atoms with Crippen molar-refractivity contribution in [1.82, 2.24) is 10.6 Å². The number of hydrogen-bond donors (Lipinski definition) is 4. The number of Topliss-reactive ketones (excluding diaryl/α,β-unsaturated/α-hetero) is 1. The molecule has 0 bridgehead atoms. The topological polar surface area (TPSA) is 294 Å². The molecule has 0 unspecified atom stereocenters. The molecule has 504 valence electrons. The number of aliphatic hydroxyl groups is 2. The van der Waals surface area contributed by atoms with Gasteiger partial charge in [-0.25, -0.2) is 19.2 Å². The summed E-state index contributed by atoms with van der Waals surface area (Å²) in [6.45, 7) is 45.7. The summed E-state index contributed by atoms with van der Waals surface area (Å²) >= 11 is 0. The third-order valence-electron chi connectivity index (χ3n) is 10.4. The maximum absolute atomic E-state index is 11.7. The van der Waals surface area contributed by atoms with Gasteiger partial charge in [0.25, 0.3) is 6.26 Å². The molecule has 0 saturated heterocycles. The highest BCUT2D eigenvalue weighted by atomic mass is 28.5. The van der Waals surface area contributed by atoms with Crippen molar-refractivity contribution in [1.29, 1.82) is 5.26 Å². The number of carbonyl (C=O) groups excluding carboxylic acids is 5. The molecule has 2 amide bonds. The quantitative estimate of drug-likeness (QED) is 0.0110. The fourth-order valence-corrected chi connectivity index (χ4v) is 35.4. The standard InChI is InChI=1S/C29H56N2O11Si3.C16H40O6Si3.C7H9NO3.4CH4/c1-24(2)26(32)23-31-29(35)40-20-18-37-15-12-22-44(7,8)42-45(9,10)41-43(5,6)21-11-14-36-17-19-39-28(34)30-13-16-38-27(33)25(3)4;1-23(2,15-7-11-19-13-9-17)21-25(5,6)22-24(3,4)16-8-12-20-14-10-18;1-6(2)7(9)11-4-3-10-5-8;;;;/h1,3,11-23H2,2,4-10H3,(H,30,34)(H,31,35);17-18H,7-16H2,1-6H3;1,3-4H2,2H3;4*1H4. The van der Waals surface area contributed by atoms with Crippen molar-refractivity contribution in [3.8, 4) is 6.26 Å². The van der Waals surface area contributed by atoms with Crippen molar-refractivity contribution in [3.05, 3.63) is 36.5 Å². The molecular weight excluding hydrogens is 1200 g/mol. The monoisotopic (exact) mass is 1320 g/mol. The third kappa shape index (κ3) is 63.4. The minimum atomic E-state index is -2.36. The predicted molar refractivity (Wildman–Crippen MR) is 353 cm³/mol. The van der Waals surface area contributed by atoms with E-state index in [1.54, 1.807) is 20.8 Å². The van der Waals surface area contributed by atoms with E-state index in [2.05, 4.69) is 118 Å². The zero-order chi connectivity index (χ0) is 62.6. The highest BCUT2D eigenvalue weighted by Gasteiger charge is 2.40. The second-order valence-electron chi connectivity index (χ2n) is 22.1. The Bertz CT molecular complexity index is 1840. The van der Waals surface area contributed by atoms with E-state index >= 15 is 0 Å². The minimum Gasteiger partial charge on any atom is -0.460 e. The molecule has 0 saturated carbocycles. The molecule has 4 N–H and O–H groups in total. The number of alkyl carbamates (subject to hydrolysis) is 2. The lowest BCUT2D eigenvalue weighted by Gasteiger charge is -2.39. The summed E-state index contributed by atoms with van der Waals surface area (Å²) in [6, 6.07) is 3.90. The first-order valence-electron chi connectivity index (χ1n) is 27.6. The molecule has 0 atom stereocenters. The Morgan fingerprint density at radius 1 is 0.424 bits per heavy atom. The maximum Gasteiger partial charge on any atom is 0.407 e. The Morgan fingerprint density at radius 2 is 0.729 bits per heavy atom. The van der Waals surface area contributed by atoms with Gasteiger partial charge in [0.2, 0.25) is 0 Å². The number of hydrogen-bond acceptors (Lipinski definition) is 21. The number of nitrogens with zero attached hydrogens (tertiary/aromatic N) is 1. The van der Waals surface area contributed by atoms with Crippen LogP contribution in [-0.4, -0.2) is 203 Å². The molecule has 23 nitrogen and oxygen atoms in total. The number of aliphatic hydroxyl groups excluding tert-OH is 2. The Hall–Kier alpha value is -3.44. The number of amides is 2. The molecule has 0 rings (SSSR count). The van der Waals surface area contributed by atoms with E-state index in [1.807, 2.05) is 0 Å². The Kier molecular flexibility index (Phi) is 60.0. The molecule has 0 aliphatic carbocycles. The number of esters is 2. The van der Waals surface area contributed by atoms with Crippen LogP contribution in [0.25, 0.3) is 0 Å². The van der Waals surface area contributed by atoms with Crippen LogP contribution in [0.4, 0.5) is 9.59 Å². The van der Waals surface area contributed by atoms with Crippen molar-refractivity contribution < 1.29 is 93.3 Å². The van der Waals surface area contributed by atoms with Gasteiger partial charge in [0.1, 0.15) is 33.0 Å². The van der Waals surface area contributed by atoms with Crippen LogP contribution < -0.4 is 10.6 Å². The van der Waals surface area contributed by atoms with Gasteiger partial charge in [-0.2, -0.15) is 5.26 Å². The van der Waals surface area contributed by atoms with E-state index in [1.165, 1.54) is 6.26 Å². The zero-order valence-corrected chi connectivity index (χ0v) is 58.0. The number of ether oxygens (including phenoxy) is 9. The van der Waals surface area contributed by atoms with Gasteiger partial charge in [-0.3, -0.25) is 4.79 Å². The van der Waals surface area contributed by atoms with Crippen molar-refractivity contribution in [2.45, 2.75) is 179 Å². The van der Waals surface area contributed by atoms with Crippen molar-refractivity contribution in [3.63, 3.8) is 0 Å². The van der Waals surface area contributed by atoms with Gasteiger partial charge < -0.3 is 79.9 Å². The zero-order valence-electron chi connectivity index (χ0n) is 52.0. The Labute approximate surface area is 520 Å². The summed E-state index contributed by atoms with van der Waals surface area (Å²) < 4.78 is 72.0. The summed E-state index contributed by atoms with van der Waals surface area (Å²) in [7, 11) is -12.1. The van der Waals surface area contributed by atoms with Crippen molar-refractivity contribution >= 4 is 80.3 Å². The SMILES string of the molecule is C.C.C.C.C=C(C)C(=O)CNC(=O)OCCOCCC[Si](C)(C)O[Si](C)(C)O[Si](C)(C)CCCOCCOC(=O)NCCOC(=O)C(=C)C.C=C(C)C(=O)OCCOC#N.C[Si](C)(CCCOCCO)O[Si](C)(C)O[Si](C)(C)CCCOCCO. The van der Waals surface area contributed by atoms with E-state index in [-0.39, 0.29) is 108 Å². The van der Waals surface area contributed by atoms with E-state index in [9.17, 15) is 24.0 Å². The summed E-state index contributed by atoms with van der Waals surface area (Å²) in [6.07, 6.45) is 3.79. The first kappa shape index (κ1) is 95.2. The van der Waals surface area contributed by atoms with Crippen LogP contribution in [0.1, 0.15) is 76.2 Å². The number of ketones is 1. The van der Waals surface area contributed by atoms with Crippen LogP contribution in [0, 0.1) is 11.5 Å². The fraction of sp³-hybridized carbons (Fsp3) is 0.786. The third-order valence-corrected chi connectivity index (χ3v) is 33.3. The highest BCUT2D eigenvalue weighted by molar-refractivity contribution is 6.88. The molecule has 0 fully saturated rings. The predicted octanol–water partition coefficient (Wildman–Crippen LogP) is 10.7. The summed E-state index contributed by atoms with van der Waals surface area (Å²) in [5.74, 6) is -1.21. The molecular formula is C56H121N3O20Si6. The second kappa shape index (κ2) is 53.6. The summed E-state index contributed by atoms with van der Waals surface area (Å²) in [5, 5.41) is 30.2. The molecule has 0 aromatic heterocycles. The van der Waals surface area contributed by atoms with Crippen LogP contribution in [0.2, 0.25) is 103 Å². The normalized spacial score (nSPS) is 11.2. The second-order valence-corrected chi connectivity index (χ2v) is 47.0. The molecule has 0 radical (unpaired) electrons. The molecule has 0 heterocycles.